The Kier molecular flexibility index (Phi) is 7.94. The molecule has 0 bridgehead atoms. The van der Waals surface area contributed by atoms with Crippen LogP contribution in [0.5, 0.6) is 0 Å². The zero-order valence-electron chi connectivity index (χ0n) is 13.1. The second kappa shape index (κ2) is 9.80. The number of carbonyl (C=O) groups is 1. The van der Waals surface area contributed by atoms with E-state index in [4.69, 9.17) is 0 Å². The smallest absolute Gasteiger partial charge is 0.307 e. The molecular weight excluding hydrogens is 266 g/mol. The zero-order chi connectivity index (χ0) is 15.5. The highest BCUT2D eigenvalue weighted by atomic mass is 16.5. The predicted octanol–water partition coefficient (Wildman–Crippen LogP) is 1.87. The fourth-order valence-corrected chi connectivity index (χ4v) is 1.95. The third kappa shape index (κ3) is 6.29. The normalized spacial score (nSPS) is 11.1. The number of guanidine groups is 1. The Bertz CT molecular complexity index is 472. The monoisotopic (exact) mass is 291 g/mol. The van der Waals surface area contributed by atoms with Crippen LogP contribution in [-0.2, 0) is 22.5 Å². The largest absolute Gasteiger partial charge is 0.469 e. The summed E-state index contributed by atoms with van der Waals surface area (Å²) in [5, 5.41) is 6.30. The lowest BCUT2D eigenvalue weighted by molar-refractivity contribution is -0.140. The van der Waals surface area contributed by atoms with Gasteiger partial charge in [-0.2, -0.15) is 0 Å². The van der Waals surface area contributed by atoms with E-state index in [1.807, 2.05) is 19.1 Å². The Balaban J connectivity index is 2.60. The topological polar surface area (TPSA) is 62.7 Å². The van der Waals surface area contributed by atoms with Gasteiger partial charge < -0.3 is 15.4 Å². The fraction of sp³-hybridized carbons (Fsp3) is 0.500. The third-order valence-corrected chi connectivity index (χ3v) is 3.10. The van der Waals surface area contributed by atoms with Crippen LogP contribution in [0, 0.1) is 0 Å². The molecule has 0 amide bonds. The number of benzene rings is 1. The maximum Gasteiger partial charge on any atom is 0.307 e. The number of aryl methyl sites for hydroxylation is 1. The first-order valence-corrected chi connectivity index (χ1v) is 7.37. The van der Waals surface area contributed by atoms with E-state index >= 15 is 0 Å². The number of rotatable bonds is 7. The average molecular weight is 291 g/mol. The van der Waals surface area contributed by atoms with E-state index in [2.05, 4.69) is 39.4 Å². The van der Waals surface area contributed by atoms with Crippen LogP contribution in [0.25, 0.3) is 0 Å². The summed E-state index contributed by atoms with van der Waals surface area (Å²) in [4.78, 5) is 15.6. The van der Waals surface area contributed by atoms with E-state index in [9.17, 15) is 4.79 Å². The molecule has 1 aromatic rings. The molecule has 21 heavy (non-hydrogen) atoms. The molecule has 5 heteroatoms. The van der Waals surface area contributed by atoms with Gasteiger partial charge in [-0.25, -0.2) is 4.99 Å². The number of methoxy groups -OCH3 is 1. The maximum absolute atomic E-state index is 11.1. The SMILES string of the molecule is CCNC(=NCc1ccccc1CC)NCCC(=O)OC. The third-order valence-electron chi connectivity index (χ3n) is 3.10. The molecule has 0 radical (unpaired) electrons. The highest BCUT2D eigenvalue weighted by molar-refractivity contribution is 5.80. The molecule has 0 atom stereocenters. The summed E-state index contributed by atoms with van der Waals surface area (Å²) in [5.41, 5.74) is 2.54. The van der Waals surface area contributed by atoms with Crippen molar-refractivity contribution in [3.05, 3.63) is 35.4 Å². The van der Waals surface area contributed by atoms with Crippen LogP contribution in [0.2, 0.25) is 0 Å². The summed E-state index contributed by atoms with van der Waals surface area (Å²) in [7, 11) is 1.39. The molecule has 0 aliphatic rings. The highest BCUT2D eigenvalue weighted by Crippen LogP contribution is 2.10. The maximum atomic E-state index is 11.1. The molecule has 0 saturated carbocycles. The minimum atomic E-state index is -0.227. The van der Waals surface area contributed by atoms with Crippen LogP contribution in [0.1, 0.15) is 31.4 Å². The number of ether oxygens (including phenoxy) is 1. The van der Waals surface area contributed by atoms with E-state index in [-0.39, 0.29) is 5.97 Å². The van der Waals surface area contributed by atoms with Gasteiger partial charge in [0.25, 0.3) is 0 Å². The van der Waals surface area contributed by atoms with E-state index in [1.54, 1.807) is 0 Å². The first kappa shape index (κ1) is 17.0. The molecule has 1 aromatic carbocycles. The van der Waals surface area contributed by atoms with E-state index in [0.29, 0.717) is 25.5 Å². The van der Waals surface area contributed by atoms with Gasteiger partial charge in [0.15, 0.2) is 5.96 Å². The molecule has 0 aliphatic heterocycles. The summed E-state index contributed by atoms with van der Waals surface area (Å²) in [6, 6.07) is 8.30. The minimum absolute atomic E-state index is 0.227. The van der Waals surface area contributed by atoms with Gasteiger partial charge in [0, 0.05) is 13.1 Å². The van der Waals surface area contributed by atoms with Gasteiger partial charge in [-0.05, 0) is 24.5 Å². The summed E-state index contributed by atoms with van der Waals surface area (Å²) >= 11 is 0. The van der Waals surface area contributed by atoms with Crippen molar-refractivity contribution >= 4 is 11.9 Å². The van der Waals surface area contributed by atoms with Crippen molar-refractivity contribution in [2.75, 3.05) is 20.2 Å². The minimum Gasteiger partial charge on any atom is -0.469 e. The van der Waals surface area contributed by atoms with Crippen LogP contribution in [0.3, 0.4) is 0 Å². The number of nitrogens with zero attached hydrogens (tertiary/aromatic N) is 1. The molecule has 5 nitrogen and oxygen atoms in total. The molecule has 0 spiro atoms. The van der Waals surface area contributed by atoms with Crippen LogP contribution in [0.15, 0.2) is 29.3 Å². The zero-order valence-corrected chi connectivity index (χ0v) is 13.1. The van der Waals surface area contributed by atoms with Crippen molar-refractivity contribution in [1.82, 2.24) is 10.6 Å². The number of nitrogens with one attached hydrogen (secondary N) is 2. The van der Waals surface area contributed by atoms with E-state index in [0.717, 1.165) is 13.0 Å². The average Bonchev–Trinajstić information content (AvgIpc) is 2.52. The van der Waals surface area contributed by atoms with Crippen LogP contribution >= 0.6 is 0 Å². The number of hydrogen-bond acceptors (Lipinski definition) is 3. The summed E-state index contributed by atoms with van der Waals surface area (Å²) in [6.07, 6.45) is 1.32. The summed E-state index contributed by atoms with van der Waals surface area (Å²) in [6.45, 7) is 6.06. The second-order valence-electron chi connectivity index (χ2n) is 4.57. The molecule has 0 aromatic heterocycles. The fourth-order valence-electron chi connectivity index (χ4n) is 1.95. The van der Waals surface area contributed by atoms with Crippen LogP contribution < -0.4 is 10.6 Å². The summed E-state index contributed by atoms with van der Waals surface area (Å²) < 4.78 is 4.61. The van der Waals surface area contributed by atoms with Gasteiger partial charge in [0.2, 0.25) is 0 Å². The lowest BCUT2D eigenvalue weighted by Gasteiger charge is -2.11. The van der Waals surface area contributed by atoms with Crippen molar-refractivity contribution in [2.24, 2.45) is 4.99 Å². The first-order valence-electron chi connectivity index (χ1n) is 7.37. The molecular formula is C16H25N3O2. The molecule has 2 N–H and O–H groups in total. The molecule has 0 heterocycles. The second-order valence-corrected chi connectivity index (χ2v) is 4.57. The first-order chi connectivity index (χ1) is 10.2. The van der Waals surface area contributed by atoms with Crippen molar-refractivity contribution in [1.29, 1.82) is 0 Å². The Morgan fingerprint density at radius 1 is 1.19 bits per heavy atom. The van der Waals surface area contributed by atoms with Crippen LogP contribution in [-0.4, -0.2) is 32.1 Å². The molecule has 0 saturated heterocycles. The Morgan fingerprint density at radius 3 is 2.52 bits per heavy atom. The molecule has 1 rings (SSSR count). The highest BCUT2D eigenvalue weighted by Gasteiger charge is 2.03. The number of carbonyl (C=O) groups excluding carboxylic acids is 1. The van der Waals surface area contributed by atoms with Crippen molar-refractivity contribution < 1.29 is 9.53 Å². The van der Waals surface area contributed by atoms with Gasteiger partial charge in [-0.3, -0.25) is 4.79 Å². The molecule has 0 fully saturated rings. The standard InChI is InChI=1S/C16H25N3O2/c1-4-13-8-6-7-9-14(13)12-19-16(17-5-2)18-11-10-15(20)21-3/h6-9H,4-5,10-12H2,1-3H3,(H2,17,18,19). The van der Waals surface area contributed by atoms with Crippen molar-refractivity contribution in [3.8, 4) is 0 Å². The number of hydrogen-bond donors (Lipinski definition) is 2. The number of aliphatic imine (C=N–C) groups is 1. The van der Waals surface area contributed by atoms with Gasteiger partial charge in [-0.15, -0.1) is 0 Å². The van der Waals surface area contributed by atoms with Crippen LogP contribution in [0.4, 0.5) is 0 Å². The quantitative estimate of drug-likeness (QED) is 0.457. The molecule has 116 valence electrons. The summed E-state index contributed by atoms with van der Waals surface area (Å²) in [5.74, 6) is 0.488. The van der Waals surface area contributed by atoms with Crippen molar-refractivity contribution in [3.63, 3.8) is 0 Å². The Labute approximate surface area is 126 Å². The lowest BCUT2D eigenvalue weighted by atomic mass is 10.1. The Hall–Kier alpha value is -2.04. The van der Waals surface area contributed by atoms with Gasteiger partial charge in [0.1, 0.15) is 0 Å². The Morgan fingerprint density at radius 2 is 1.90 bits per heavy atom. The van der Waals surface area contributed by atoms with E-state index < -0.39 is 0 Å². The van der Waals surface area contributed by atoms with E-state index in [1.165, 1.54) is 18.2 Å². The predicted molar refractivity (Wildman–Crippen MR) is 85.3 cm³/mol. The van der Waals surface area contributed by atoms with Gasteiger partial charge in [0.05, 0.1) is 20.1 Å². The molecule has 0 unspecified atom stereocenters. The van der Waals surface area contributed by atoms with Gasteiger partial charge in [-0.1, -0.05) is 31.2 Å². The van der Waals surface area contributed by atoms with Crippen molar-refractivity contribution in [2.45, 2.75) is 33.2 Å². The van der Waals surface area contributed by atoms with Gasteiger partial charge >= 0.3 is 5.97 Å². The lowest BCUT2D eigenvalue weighted by Crippen LogP contribution is -2.38. The molecule has 0 aliphatic carbocycles. The number of esters is 1.